The average molecular weight is 230 g/mol. The lowest BCUT2D eigenvalue weighted by atomic mass is 10.3. The van der Waals surface area contributed by atoms with Crippen molar-refractivity contribution in [1.82, 2.24) is 0 Å². The summed E-state index contributed by atoms with van der Waals surface area (Å²) in [5, 5.41) is 0. The topological polar surface area (TPSA) is 35.2 Å². The maximum Gasteiger partial charge on any atom is 0.119 e. The van der Waals surface area contributed by atoms with Crippen molar-refractivity contribution in [3.05, 3.63) is 28.7 Å². The Balaban J connectivity index is 2.58. The SMILES string of the molecule is C[C@H](CN)Oc1ccc(Br)cc1. The molecule has 0 spiro atoms. The molecule has 0 saturated carbocycles. The first kappa shape index (κ1) is 9.55. The first-order valence-electron chi connectivity index (χ1n) is 3.84. The fourth-order valence-corrected chi connectivity index (χ4v) is 1.06. The van der Waals surface area contributed by atoms with E-state index in [1.165, 1.54) is 0 Å². The van der Waals surface area contributed by atoms with Gasteiger partial charge in [-0.3, -0.25) is 0 Å². The molecule has 1 aromatic carbocycles. The molecule has 0 saturated heterocycles. The molecule has 0 amide bonds. The molecule has 0 heterocycles. The highest BCUT2D eigenvalue weighted by molar-refractivity contribution is 9.10. The van der Waals surface area contributed by atoms with Crippen molar-refractivity contribution in [2.45, 2.75) is 13.0 Å². The third kappa shape index (κ3) is 2.83. The predicted octanol–water partition coefficient (Wildman–Crippen LogP) is 2.18. The fraction of sp³-hybridized carbons (Fsp3) is 0.333. The maximum absolute atomic E-state index is 5.47. The fourth-order valence-electron chi connectivity index (χ4n) is 0.794. The van der Waals surface area contributed by atoms with Gasteiger partial charge in [-0.2, -0.15) is 0 Å². The average Bonchev–Trinajstić information content (AvgIpc) is 2.09. The minimum atomic E-state index is 0.0752. The van der Waals surface area contributed by atoms with E-state index in [2.05, 4.69) is 15.9 Å². The summed E-state index contributed by atoms with van der Waals surface area (Å²) in [4.78, 5) is 0. The van der Waals surface area contributed by atoms with Gasteiger partial charge in [-0.1, -0.05) is 15.9 Å². The normalized spacial score (nSPS) is 12.6. The zero-order chi connectivity index (χ0) is 8.97. The lowest BCUT2D eigenvalue weighted by Gasteiger charge is -2.11. The number of hydrogen-bond donors (Lipinski definition) is 1. The molecule has 1 atom stereocenters. The summed E-state index contributed by atoms with van der Waals surface area (Å²) in [5.74, 6) is 0.858. The zero-order valence-corrected chi connectivity index (χ0v) is 8.54. The van der Waals surface area contributed by atoms with Gasteiger partial charge in [0, 0.05) is 11.0 Å². The molecule has 0 aliphatic rings. The maximum atomic E-state index is 5.47. The van der Waals surface area contributed by atoms with Gasteiger partial charge < -0.3 is 10.5 Å². The van der Waals surface area contributed by atoms with Crippen molar-refractivity contribution >= 4 is 15.9 Å². The van der Waals surface area contributed by atoms with E-state index in [0.29, 0.717) is 6.54 Å². The minimum absolute atomic E-state index is 0.0752. The van der Waals surface area contributed by atoms with E-state index in [1.807, 2.05) is 31.2 Å². The van der Waals surface area contributed by atoms with Gasteiger partial charge in [0.1, 0.15) is 11.9 Å². The molecule has 0 fully saturated rings. The molecule has 1 aromatic rings. The smallest absolute Gasteiger partial charge is 0.119 e. The highest BCUT2D eigenvalue weighted by Gasteiger charge is 1.99. The first-order valence-corrected chi connectivity index (χ1v) is 4.64. The third-order valence-corrected chi connectivity index (χ3v) is 2.01. The molecular formula is C9H12BrNO. The van der Waals surface area contributed by atoms with Crippen LogP contribution in [0.5, 0.6) is 5.75 Å². The van der Waals surface area contributed by atoms with Crippen LogP contribution in [0.2, 0.25) is 0 Å². The van der Waals surface area contributed by atoms with Gasteiger partial charge >= 0.3 is 0 Å². The van der Waals surface area contributed by atoms with Crippen LogP contribution >= 0.6 is 15.9 Å². The van der Waals surface area contributed by atoms with E-state index >= 15 is 0 Å². The molecule has 2 N–H and O–H groups in total. The highest BCUT2D eigenvalue weighted by Crippen LogP contribution is 2.16. The van der Waals surface area contributed by atoms with E-state index in [1.54, 1.807) is 0 Å². The Bertz CT molecular complexity index is 235. The largest absolute Gasteiger partial charge is 0.489 e. The first-order chi connectivity index (χ1) is 5.72. The van der Waals surface area contributed by atoms with E-state index in [0.717, 1.165) is 10.2 Å². The van der Waals surface area contributed by atoms with Crippen molar-refractivity contribution in [1.29, 1.82) is 0 Å². The third-order valence-electron chi connectivity index (χ3n) is 1.48. The molecule has 0 aliphatic heterocycles. The molecule has 66 valence electrons. The van der Waals surface area contributed by atoms with E-state index < -0.39 is 0 Å². The summed E-state index contributed by atoms with van der Waals surface area (Å²) in [7, 11) is 0. The number of ether oxygens (including phenoxy) is 1. The summed E-state index contributed by atoms with van der Waals surface area (Å²) < 4.78 is 6.52. The number of nitrogens with two attached hydrogens (primary N) is 1. The second-order valence-corrected chi connectivity index (χ2v) is 3.53. The number of benzene rings is 1. The Morgan fingerprint density at radius 1 is 1.42 bits per heavy atom. The molecule has 0 aromatic heterocycles. The Morgan fingerprint density at radius 2 is 2.00 bits per heavy atom. The standard InChI is InChI=1S/C9H12BrNO/c1-7(6-11)12-9-4-2-8(10)3-5-9/h2-5,7H,6,11H2,1H3/t7-/m1/s1. The number of halogens is 1. The molecule has 0 bridgehead atoms. The van der Waals surface area contributed by atoms with Crippen molar-refractivity contribution < 1.29 is 4.74 Å². The van der Waals surface area contributed by atoms with Gasteiger partial charge in [-0.15, -0.1) is 0 Å². The van der Waals surface area contributed by atoms with Gasteiger partial charge in [0.25, 0.3) is 0 Å². The number of rotatable bonds is 3. The van der Waals surface area contributed by atoms with Crippen LogP contribution in [-0.2, 0) is 0 Å². The van der Waals surface area contributed by atoms with Crippen LogP contribution in [0.15, 0.2) is 28.7 Å². The Kier molecular flexibility index (Phi) is 3.56. The van der Waals surface area contributed by atoms with Crippen LogP contribution in [0.25, 0.3) is 0 Å². The molecule has 1 rings (SSSR count). The van der Waals surface area contributed by atoms with Crippen LogP contribution in [0.3, 0.4) is 0 Å². The molecule has 3 heteroatoms. The van der Waals surface area contributed by atoms with Crippen molar-refractivity contribution in [2.75, 3.05) is 6.54 Å². The second kappa shape index (κ2) is 4.48. The van der Waals surface area contributed by atoms with E-state index in [9.17, 15) is 0 Å². The molecule has 2 nitrogen and oxygen atoms in total. The Labute approximate surface area is 80.8 Å². The molecular weight excluding hydrogens is 218 g/mol. The second-order valence-electron chi connectivity index (χ2n) is 2.62. The molecule has 0 unspecified atom stereocenters. The Morgan fingerprint density at radius 3 is 2.50 bits per heavy atom. The lowest BCUT2D eigenvalue weighted by molar-refractivity contribution is 0.230. The van der Waals surface area contributed by atoms with Crippen LogP contribution in [0.1, 0.15) is 6.92 Å². The zero-order valence-electron chi connectivity index (χ0n) is 6.96. The van der Waals surface area contributed by atoms with Crippen LogP contribution in [0, 0.1) is 0 Å². The van der Waals surface area contributed by atoms with Gasteiger partial charge in [-0.05, 0) is 31.2 Å². The van der Waals surface area contributed by atoms with Crippen molar-refractivity contribution in [3.63, 3.8) is 0 Å². The van der Waals surface area contributed by atoms with Crippen LogP contribution in [0.4, 0.5) is 0 Å². The number of hydrogen-bond acceptors (Lipinski definition) is 2. The molecule has 12 heavy (non-hydrogen) atoms. The summed E-state index contributed by atoms with van der Waals surface area (Å²) in [6.07, 6.45) is 0.0752. The molecule has 0 radical (unpaired) electrons. The van der Waals surface area contributed by atoms with Crippen molar-refractivity contribution in [2.24, 2.45) is 5.73 Å². The predicted molar refractivity (Wildman–Crippen MR) is 53.3 cm³/mol. The summed E-state index contributed by atoms with van der Waals surface area (Å²) in [5.41, 5.74) is 5.42. The van der Waals surface area contributed by atoms with Gasteiger partial charge in [0.05, 0.1) is 0 Å². The quantitative estimate of drug-likeness (QED) is 0.863. The van der Waals surface area contributed by atoms with Crippen LogP contribution < -0.4 is 10.5 Å². The van der Waals surface area contributed by atoms with E-state index in [-0.39, 0.29) is 6.10 Å². The van der Waals surface area contributed by atoms with E-state index in [4.69, 9.17) is 10.5 Å². The lowest BCUT2D eigenvalue weighted by Crippen LogP contribution is -2.22. The summed E-state index contributed by atoms with van der Waals surface area (Å²) in [6, 6.07) is 7.71. The highest BCUT2D eigenvalue weighted by atomic mass is 79.9. The summed E-state index contributed by atoms with van der Waals surface area (Å²) >= 11 is 3.35. The van der Waals surface area contributed by atoms with Crippen molar-refractivity contribution in [3.8, 4) is 5.75 Å². The molecule has 0 aliphatic carbocycles. The van der Waals surface area contributed by atoms with Crippen LogP contribution in [-0.4, -0.2) is 12.6 Å². The van der Waals surface area contributed by atoms with Gasteiger partial charge in [0.15, 0.2) is 0 Å². The van der Waals surface area contributed by atoms with Gasteiger partial charge in [0.2, 0.25) is 0 Å². The monoisotopic (exact) mass is 229 g/mol. The minimum Gasteiger partial charge on any atom is -0.489 e. The van der Waals surface area contributed by atoms with Gasteiger partial charge in [-0.25, -0.2) is 0 Å². The summed E-state index contributed by atoms with van der Waals surface area (Å²) in [6.45, 7) is 2.48. The Hall–Kier alpha value is -0.540.